The molecule has 0 aliphatic carbocycles. The molecule has 3 rings (SSSR count). The molecule has 0 aliphatic rings. The number of carbonyl (C=O) groups excluding carboxylic acids is 1. The number of benzene rings is 1. The van der Waals surface area contributed by atoms with Crippen LogP contribution in [0.3, 0.4) is 0 Å². The van der Waals surface area contributed by atoms with E-state index in [4.69, 9.17) is 16.6 Å². The lowest BCUT2D eigenvalue weighted by atomic mass is 10.3. The van der Waals surface area contributed by atoms with Crippen LogP contribution < -0.4 is 4.90 Å². The maximum atomic E-state index is 13.6. The van der Waals surface area contributed by atoms with E-state index in [0.717, 1.165) is 35.5 Å². The van der Waals surface area contributed by atoms with E-state index in [1.54, 1.807) is 9.58 Å². The first-order valence-electron chi connectivity index (χ1n) is 10.0. The molecule has 0 spiro atoms. The molecule has 2 heterocycles. The molecule has 0 atom stereocenters. The molecule has 3 aromatic rings. The van der Waals surface area contributed by atoms with E-state index in [1.165, 1.54) is 11.3 Å². The van der Waals surface area contributed by atoms with Crippen molar-refractivity contribution in [3.8, 4) is 0 Å². The van der Waals surface area contributed by atoms with Gasteiger partial charge in [0.05, 0.1) is 15.9 Å². The van der Waals surface area contributed by atoms with Crippen molar-refractivity contribution in [2.24, 2.45) is 0 Å². The second-order valence-electron chi connectivity index (χ2n) is 7.30. The second-order valence-corrected chi connectivity index (χ2v) is 8.75. The molecule has 0 saturated carbocycles. The number of halogens is 1. The van der Waals surface area contributed by atoms with Gasteiger partial charge in [-0.3, -0.25) is 14.4 Å². The number of rotatable bonds is 8. The topological polar surface area (TPSA) is 54.3 Å². The number of fused-ring (bicyclic) bond motifs is 1. The van der Waals surface area contributed by atoms with Gasteiger partial charge in [0.2, 0.25) is 0 Å². The maximum Gasteiger partial charge on any atom is 0.278 e. The SMILES string of the molecule is CCN(CC)CCN(C(=O)c1cc(C)nn1C(C)C)c1nc2ccc(Cl)cc2s1. The van der Waals surface area contributed by atoms with Gasteiger partial charge in [0, 0.05) is 24.2 Å². The summed E-state index contributed by atoms with van der Waals surface area (Å²) < 4.78 is 2.77. The molecule has 0 N–H and O–H groups in total. The zero-order valence-electron chi connectivity index (χ0n) is 17.6. The highest BCUT2D eigenvalue weighted by atomic mass is 35.5. The molecule has 156 valence electrons. The third-order valence-corrected chi connectivity index (χ3v) is 6.19. The Labute approximate surface area is 181 Å². The summed E-state index contributed by atoms with van der Waals surface area (Å²) in [6, 6.07) is 7.58. The standard InChI is InChI=1S/C21H28ClN5OS/c1-6-25(7-2)10-11-26(20(28)18-12-15(5)24-27(18)14(3)4)21-23-17-9-8-16(22)13-19(17)29-21/h8-9,12-14H,6-7,10-11H2,1-5H3. The van der Waals surface area contributed by atoms with E-state index in [-0.39, 0.29) is 11.9 Å². The van der Waals surface area contributed by atoms with Crippen LogP contribution in [0.15, 0.2) is 24.3 Å². The molecule has 0 bridgehead atoms. The maximum absolute atomic E-state index is 13.6. The number of anilines is 1. The summed E-state index contributed by atoms with van der Waals surface area (Å²) in [7, 11) is 0. The first-order chi connectivity index (χ1) is 13.8. The van der Waals surface area contributed by atoms with Gasteiger partial charge in [0.15, 0.2) is 5.13 Å². The van der Waals surface area contributed by atoms with Gasteiger partial charge < -0.3 is 4.90 Å². The molecule has 0 saturated heterocycles. The monoisotopic (exact) mass is 433 g/mol. The molecule has 0 aliphatic heterocycles. The summed E-state index contributed by atoms with van der Waals surface area (Å²) in [6.45, 7) is 13.5. The number of aryl methyl sites for hydroxylation is 1. The second kappa shape index (κ2) is 9.24. The van der Waals surface area contributed by atoms with E-state index in [2.05, 4.69) is 23.8 Å². The summed E-state index contributed by atoms with van der Waals surface area (Å²) in [6.07, 6.45) is 0. The Kier molecular flexibility index (Phi) is 6.93. The van der Waals surface area contributed by atoms with Crippen molar-refractivity contribution >= 4 is 44.2 Å². The molecule has 0 unspecified atom stereocenters. The van der Waals surface area contributed by atoms with E-state index in [0.29, 0.717) is 22.4 Å². The summed E-state index contributed by atoms with van der Waals surface area (Å²) >= 11 is 7.64. The number of likely N-dealkylation sites (N-methyl/N-ethyl adjacent to an activating group) is 1. The first-order valence-corrected chi connectivity index (χ1v) is 11.2. The number of amides is 1. The Morgan fingerprint density at radius 1 is 1.21 bits per heavy atom. The summed E-state index contributed by atoms with van der Waals surface area (Å²) in [5.41, 5.74) is 2.28. The zero-order chi connectivity index (χ0) is 21.1. The van der Waals surface area contributed by atoms with Gasteiger partial charge in [0.1, 0.15) is 5.69 Å². The lowest BCUT2D eigenvalue weighted by molar-refractivity contribution is 0.0971. The van der Waals surface area contributed by atoms with Crippen molar-refractivity contribution in [3.05, 3.63) is 40.7 Å². The molecule has 8 heteroatoms. The fourth-order valence-corrected chi connectivity index (χ4v) is 4.54. The Balaban J connectivity index is 2.01. The quantitative estimate of drug-likeness (QED) is 0.500. The normalized spacial score (nSPS) is 11.7. The first kappa shape index (κ1) is 21.7. The molecule has 1 aromatic carbocycles. The molecule has 29 heavy (non-hydrogen) atoms. The van der Waals surface area contributed by atoms with Crippen molar-refractivity contribution in [1.82, 2.24) is 19.7 Å². The Hall–Kier alpha value is -1.96. The van der Waals surface area contributed by atoms with Gasteiger partial charge in [-0.05, 0) is 58.1 Å². The van der Waals surface area contributed by atoms with Gasteiger partial charge in [-0.2, -0.15) is 5.10 Å². The summed E-state index contributed by atoms with van der Waals surface area (Å²) in [5.74, 6) is -0.0726. The average molecular weight is 434 g/mol. The minimum Gasteiger partial charge on any atom is -0.302 e. The number of hydrogen-bond donors (Lipinski definition) is 0. The molecule has 0 radical (unpaired) electrons. The van der Waals surface area contributed by atoms with Crippen LogP contribution in [-0.2, 0) is 0 Å². The van der Waals surface area contributed by atoms with Gasteiger partial charge in [-0.25, -0.2) is 4.98 Å². The molecule has 2 aromatic heterocycles. The number of hydrogen-bond acceptors (Lipinski definition) is 5. The molecule has 1 amide bonds. The highest BCUT2D eigenvalue weighted by Gasteiger charge is 2.26. The lowest BCUT2D eigenvalue weighted by Gasteiger charge is -2.25. The van der Waals surface area contributed by atoms with Crippen LogP contribution >= 0.6 is 22.9 Å². The summed E-state index contributed by atoms with van der Waals surface area (Å²) in [5, 5.41) is 5.87. The predicted molar refractivity (Wildman–Crippen MR) is 121 cm³/mol. The molecule has 6 nitrogen and oxygen atoms in total. The lowest BCUT2D eigenvalue weighted by Crippen LogP contribution is -2.39. The number of thiazole rings is 1. The van der Waals surface area contributed by atoms with Crippen LogP contribution in [0.4, 0.5) is 5.13 Å². The van der Waals surface area contributed by atoms with Crippen LogP contribution in [-0.4, -0.2) is 51.8 Å². The number of nitrogens with zero attached hydrogens (tertiary/aromatic N) is 5. The van der Waals surface area contributed by atoms with Crippen molar-refractivity contribution in [2.75, 3.05) is 31.1 Å². The highest BCUT2D eigenvalue weighted by molar-refractivity contribution is 7.22. The van der Waals surface area contributed by atoms with E-state index in [1.807, 2.05) is 45.0 Å². The predicted octanol–water partition coefficient (Wildman–Crippen LogP) is 5.02. The largest absolute Gasteiger partial charge is 0.302 e. The van der Waals surface area contributed by atoms with Crippen molar-refractivity contribution in [3.63, 3.8) is 0 Å². The van der Waals surface area contributed by atoms with Crippen LogP contribution in [0.5, 0.6) is 0 Å². The molecule has 0 fully saturated rings. The number of aromatic nitrogens is 3. The minimum atomic E-state index is -0.0726. The summed E-state index contributed by atoms with van der Waals surface area (Å²) in [4.78, 5) is 22.4. The fraction of sp³-hybridized carbons (Fsp3) is 0.476. The van der Waals surface area contributed by atoms with Gasteiger partial charge in [0.25, 0.3) is 5.91 Å². The molecular weight excluding hydrogens is 406 g/mol. The van der Waals surface area contributed by atoms with Gasteiger partial charge >= 0.3 is 0 Å². The zero-order valence-corrected chi connectivity index (χ0v) is 19.2. The van der Waals surface area contributed by atoms with E-state index < -0.39 is 0 Å². The van der Waals surface area contributed by atoms with Crippen molar-refractivity contribution in [2.45, 2.75) is 40.7 Å². The van der Waals surface area contributed by atoms with Gasteiger partial charge in [-0.15, -0.1) is 0 Å². The third-order valence-electron chi connectivity index (χ3n) is 4.92. The Morgan fingerprint density at radius 2 is 1.93 bits per heavy atom. The third kappa shape index (κ3) is 4.79. The van der Waals surface area contributed by atoms with Crippen LogP contribution in [0.25, 0.3) is 10.2 Å². The Morgan fingerprint density at radius 3 is 2.59 bits per heavy atom. The van der Waals surface area contributed by atoms with Crippen molar-refractivity contribution in [1.29, 1.82) is 0 Å². The van der Waals surface area contributed by atoms with E-state index >= 15 is 0 Å². The smallest absolute Gasteiger partial charge is 0.278 e. The number of carbonyl (C=O) groups is 1. The van der Waals surface area contributed by atoms with Crippen LogP contribution in [0, 0.1) is 6.92 Å². The van der Waals surface area contributed by atoms with Gasteiger partial charge in [-0.1, -0.05) is 36.8 Å². The fourth-order valence-electron chi connectivity index (χ4n) is 3.28. The van der Waals surface area contributed by atoms with Crippen LogP contribution in [0.2, 0.25) is 5.02 Å². The van der Waals surface area contributed by atoms with E-state index in [9.17, 15) is 4.79 Å². The minimum absolute atomic E-state index is 0.0726. The Bertz CT molecular complexity index is 992. The highest BCUT2D eigenvalue weighted by Crippen LogP contribution is 2.31. The molecular formula is C21H28ClN5OS. The van der Waals surface area contributed by atoms with Crippen molar-refractivity contribution < 1.29 is 4.79 Å². The van der Waals surface area contributed by atoms with Crippen LogP contribution in [0.1, 0.15) is 49.9 Å². The average Bonchev–Trinajstić information content (AvgIpc) is 3.28.